The first-order valence-corrected chi connectivity index (χ1v) is 5.66. The van der Waals surface area contributed by atoms with Gasteiger partial charge in [-0.2, -0.15) is 0 Å². The number of hydrogen-bond acceptors (Lipinski definition) is 4. The van der Waals surface area contributed by atoms with E-state index in [2.05, 4.69) is 10.3 Å². The Labute approximate surface area is 99.5 Å². The zero-order chi connectivity index (χ0) is 12.5. The predicted molar refractivity (Wildman–Crippen MR) is 63.2 cm³/mol. The number of carboxylic acid groups (broad SMARTS) is 1. The van der Waals surface area contributed by atoms with Crippen molar-refractivity contribution in [1.82, 2.24) is 4.98 Å². The molecule has 0 atom stereocenters. The van der Waals surface area contributed by atoms with E-state index >= 15 is 0 Å². The van der Waals surface area contributed by atoms with Crippen LogP contribution in [0.25, 0.3) is 0 Å². The number of aliphatic hydroxyl groups excluding tert-OH is 1. The lowest BCUT2D eigenvalue weighted by Crippen LogP contribution is -2.48. The van der Waals surface area contributed by atoms with Crippen LogP contribution >= 0.6 is 0 Å². The van der Waals surface area contributed by atoms with Gasteiger partial charge >= 0.3 is 5.97 Å². The Morgan fingerprint density at radius 1 is 1.53 bits per heavy atom. The molecule has 5 heteroatoms. The first kappa shape index (κ1) is 11.9. The maximum absolute atomic E-state index is 11.1. The average Bonchev–Trinajstić information content (AvgIpc) is 2.23. The molecule has 0 amide bonds. The Balaban J connectivity index is 2.30. The summed E-state index contributed by atoms with van der Waals surface area (Å²) in [6, 6.07) is 3.21. The van der Waals surface area contributed by atoms with Crippen LogP contribution in [0.2, 0.25) is 0 Å². The lowest BCUT2D eigenvalue weighted by Gasteiger charge is -2.41. The van der Waals surface area contributed by atoms with Crippen LogP contribution in [0.15, 0.2) is 12.1 Å². The molecule has 0 spiro atoms. The lowest BCUT2D eigenvalue weighted by atomic mass is 9.77. The molecule has 0 radical (unpaired) electrons. The number of hydrogen-bond donors (Lipinski definition) is 3. The number of carbonyl (C=O) groups is 1. The van der Waals surface area contributed by atoms with E-state index in [1.165, 1.54) is 6.07 Å². The van der Waals surface area contributed by atoms with Gasteiger partial charge in [0.2, 0.25) is 0 Å². The molecule has 1 heterocycles. The number of aromatic nitrogens is 1. The Morgan fingerprint density at radius 2 is 2.24 bits per heavy atom. The second-order valence-corrected chi connectivity index (χ2v) is 4.57. The van der Waals surface area contributed by atoms with Crippen LogP contribution < -0.4 is 5.32 Å². The van der Waals surface area contributed by atoms with Crippen LogP contribution in [0.1, 0.15) is 35.3 Å². The van der Waals surface area contributed by atoms with E-state index in [0.29, 0.717) is 5.82 Å². The molecule has 0 aromatic carbocycles. The Bertz CT molecular complexity index is 436. The molecule has 92 valence electrons. The fourth-order valence-electron chi connectivity index (χ4n) is 2.00. The van der Waals surface area contributed by atoms with E-state index in [0.717, 1.165) is 25.0 Å². The van der Waals surface area contributed by atoms with Gasteiger partial charge in [0.1, 0.15) is 11.4 Å². The third kappa shape index (κ3) is 2.24. The molecule has 0 aliphatic heterocycles. The molecule has 1 fully saturated rings. The standard InChI is InChI=1S/C12H16N2O3/c1-8-3-4-9(11(16)17)10(13-8)14-12(7-15)5-2-6-12/h3-4,15H,2,5-7H2,1H3,(H,13,14)(H,16,17). The first-order chi connectivity index (χ1) is 8.06. The van der Waals surface area contributed by atoms with Crippen LogP contribution in [-0.4, -0.2) is 33.3 Å². The molecule has 0 saturated heterocycles. The van der Waals surface area contributed by atoms with Crippen LogP contribution in [0.4, 0.5) is 5.82 Å². The van der Waals surface area contributed by atoms with Crippen molar-refractivity contribution < 1.29 is 15.0 Å². The molecule has 1 aliphatic rings. The minimum Gasteiger partial charge on any atom is -0.478 e. The van der Waals surface area contributed by atoms with Crippen molar-refractivity contribution in [3.63, 3.8) is 0 Å². The molecule has 17 heavy (non-hydrogen) atoms. The van der Waals surface area contributed by atoms with Crippen molar-refractivity contribution in [2.75, 3.05) is 11.9 Å². The number of rotatable bonds is 4. The van der Waals surface area contributed by atoms with Gasteiger partial charge in [-0.25, -0.2) is 9.78 Å². The minimum absolute atomic E-state index is 0.00167. The van der Waals surface area contributed by atoms with Gasteiger partial charge in [0, 0.05) is 5.69 Å². The Hall–Kier alpha value is -1.62. The second-order valence-electron chi connectivity index (χ2n) is 4.57. The third-order valence-corrected chi connectivity index (χ3v) is 3.26. The molecular weight excluding hydrogens is 220 g/mol. The molecule has 1 saturated carbocycles. The van der Waals surface area contributed by atoms with E-state index < -0.39 is 5.97 Å². The SMILES string of the molecule is Cc1ccc(C(=O)O)c(NC2(CO)CCC2)n1. The molecule has 1 aliphatic carbocycles. The summed E-state index contributed by atoms with van der Waals surface area (Å²) in [5.74, 6) is -0.654. The average molecular weight is 236 g/mol. The molecule has 3 N–H and O–H groups in total. The summed E-state index contributed by atoms with van der Waals surface area (Å²) in [7, 11) is 0. The number of aryl methyl sites for hydroxylation is 1. The Morgan fingerprint density at radius 3 is 2.71 bits per heavy atom. The zero-order valence-electron chi connectivity index (χ0n) is 9.73. The molecule has 0 bridgehead atoms. The lowest BCUT2D eigenvalue weighted by molar-refractivity contribution is 0.0696. The van der Waals surface area contributed by atoms with E-state index in [9.17, 15) is 9.90 Å². The van der Waals surface area contributed by atoms with Crippen LogP contribution in [0.5, 0.6) is 0 Å². The zero-order valence-corrected chi connectivity index (χ0v) is 9.73. The minimum atomic E-state index is -1.01. The third-order valence-electron chi connectivity index (χ3n) is 3.26. The van der Waals surface area contributed by atoms with Gasteiger partial charge in [-0.1, -0.05) is 0 Å². The summed E-state index contributed by atoms with van der Waals surface area (Å²) >= 11 is 0. The van der Waals surface area contributed by atoms with Crippen molar-refractivity contribution in [3.05, 3.63) is 23.4 Å². The molecule has 1 aromatic heterocycles. The smallest absolute Gasteiger partial charge is 0.339 e. The van der Waals surface area contributed by atoms with Crippen molar-refractivity contribution in [1.29, 1.82) is 0 Å². The van der Waals surface area contributed by atoms with E-state index in [4.69, 9.17) is 5.11 Å². The number of nitrogens with zero attached hydrogens (tertiary/aromatic N) is 1. The van der Waals surface area contributed by atoms with Crippen LogP contribution in [-0.2, 0) is 0 Å². The quantitative estimate of drug-likeness (QED) is 0.736. The van der Waals surface area contributed by atoms with E-state index in [-0.39, 0.29) is 17.7 Å². The number of aliphatic hydroxyl groups is 1. The number of anilines is 1. The van der Waals surface area contributed by atoms with Gasteiger partial charge < -0.3 is 15.5 Å². The topological polar surface area (TPSA) is 82.5 Å². The van der Waals surface area contributed by atoms with Crippen molar-refractivity contribution in [2.24, 2.45) is 0 Å². The maximum Gasteiger partial charge on any atom is 0.339 e. The van der Waals surface area contributed by atoms with E-state index in [1.54, 1.807) is 6.07 Å². The first-order valence-electron chi connectivity index (χ1n) is 5.66. The number of pyridine rings is 1. The number of nitrogens with one attached hydrogen (secondary N) is 1. The normalized spacial score (nSPS) is 17.3. The predicted octanol–water partition coefficient (Wildman–Crippen LogP) is 1.42. The highest BCUT2D eigenvalue weighted by atomic mass is 16.4. The summed E-state index contributed by atoms with van der Waals surface area (Å²) in [5.41, 5.74) is 0.519. The summed E-state index contributed by atoms with van der Waals surface area (Å²) in [6.45, 7) is 1.81. The fraction of sp³-hybridized carbons (Fsp3) is 0.500. The van der Waals surface area contributed by atoms with Gasteiger partial charge in [0.05, 0.1) is 12.1 Å². The largest absolute Gasteiger partial charge is 0.478 e. The van der Waals surface area contributed by atoms with Gasteiger partial charge in [-0.05, 0) is 38.3 Å². The number of aromatic carboxylic acids is 1. The van der Waals surface area contributed by atoms with Crippen molar-refractivity contribution >= 4 is 11.8 Å². The number of carboxylic acids is 1. The van der Waals surface area contributed by atoms with Gasteiger partial charge in [-0.15, -0.1) is 0 Å². The highest BCUT2D eigenvalue weighted by Crippen LogP contribution is 2.35. The summed E-state index contributed by atoms with van der Waals surface area (Å²) in [4.78, 5) is 15.3. The van der Waals surface area contributed by atoms with E-state index in [1.807, 2.05) is 6.92 Å². The second kappa shape index (κ2) is 4.33. The maximum atomic E-state index is 11.1. The molecule has 2 rings (SSSR count). The summed E-state index contributed by atoms with van der Waals surface area (Å²) in [5, 5.41) is 21.5. The highest BCUT2D eigenvalue weighted by molar-refractivity contribution is 5.93. The van der Waals surface area contributed by atoms with Crippen LogP contribution in [0.3, 0.4) is 0 Å². The molecule has 5 nitrogen and oxygen atoms in total. The Kier molecular flexibility index (Phi) is 3.02. The van der Waals surface area contributed by atoms with Crippen molar-refractivity contribution in [3.8, 4) is 0 Å². The molecule has 1 aromatic rings. The highest BCUT2D eigenvalue weighted by Gasteiger charge is 2.37. The molecule has 0 unspecified atom stereocenters. The van der Waals surface area contributed by atoms with Crippen molar-refractivity contribution in [2.45, 2.75) is 31.7 Å². The summed E-state index contributed by atoms with van der Waals surface area (Å²) < 4.78 is 0. The van der Waals surface area contributed by atoms with Gasteiger partial charge in [-0.3, -0.25) is 0 Å². The molecular formula is C12H16N2O3. The summed E-state index contributed by atoms with van der Waals surface area (Å²) in [6.07, 6.45) is 2.73. The monoisotopic (exact) mass is 236 g/mol. The van der Waals surface area contributed by atoms with Gasteiger partial charge in [0.15, 0.2) is 0 Å². The van der Waals surface area contributed by atoms with Gasteiger partial charge in [0.25, 0.3) is 0 Å². The van der Waals surface area contributed by atoms with Crippen LogP contribution in [0, 0.1) is 6.92 Å². The fourth-order valence-corrected chi connectivity index (χ4v) is 2.00.